The molecule has 0 radical (unpaired) electrons. The van der Waals surface area contributed by atoms with Crippen LogP contribution in [0.5, 0.6) is 5.75 Å². The van der Waals surface area contributed by atoms with E-state index in [9.17, 15) is 31.1 Å². The largest absolute Gasteiger partial charge is 0.493 e. The zero-order valence-electron chi connectivity index (χ0n) is 21.0. The van der Waals surface area contributed by atoms with Gasteiger partial charge >= 0.3 is 18.4 Å². The monoisotopic (exact) mass is 558 g/mol. The van der Waals surface area contributed by atoms with Gasteiger partial charge in [-0.2, -0.15) is 26.3 Å². The van der Waals surface area contributed by atoms with Crippen molar-refractivity contribution < 1.29 is 40.6 Å². The highest BCUT2D eigenvalue weighted by molar-refractivity contribution is 5.70. The molecule has 212 valence electrons. The lowest BCUT2D eigenvalue weighted by atomic mass is 10.1. The molecule has 1 aromatic heterocycles. The van der Waals surface area contributed by atoms with Crippen molar-refractivity contribution in [3.63, 3.8) is 0 Å². The van der Waals surface area contributed by atoms with Gasteiger partial charge in [-0.05, 0) is 50.1 Å². The van der Waals surface area contributed by atoms with E-state index >= 15 is 0 Å². The Labute approximate surface area is 220 Å². The summed E-state index contributed by atoms with van der Waals surface area (Å²) in [6.45, 7) is 1.92. The van der Waals surface area contributed by atoms with Gasteiger partial charge in [0.1, 0.15) is 17.3 Å². The van der Waals surface area contributed by atoms with E-state index in [2.05, 4.69) is 4.98 Å². The second kappa shape index (κ2) is 12.9. The van der Waals surface area contributed by atoms with E-state index in [-0.39, 0.29) is 49.2 Å². The summed E-state index contributed by atoms with van der Waals surface area (Å²) in [5.74, 6) is -0.103. The third-order valence-corrected chi connectivity index (χ3v) is 5.59. The van der Waals surface area contributed by atoms with Crippen molar-refractivity contribution in [2.75, 3.05) is 18.5 Å². The fourth-order valence-electron chi connectivity index (χ4n) is 3.87. The summed E-state index contributed by atoms with van der Waals surface area (Å²) in [6.07, 6.45) is -7.65. The Hall–Kier alpha value is -3.74. The zero-order valence-corrected chi connectivity index (χ0v) is 21.0. The normalized spacial score (nSPS) is 12.7. The lowest BCUT2D eigenvalue weighted by Gasteiger charge is -2.17. The van der Waals surface area contributed by atoms with Crippen LogP contribution in [-0.2, 0) is 22.3 Å². The molecule has 0 amide bonds. The first-order chi connectivity index (χ1) is 18.4. The molecule has 0 unspecified atom stereocenters. The van der Waals surface area contributed by atoms with Crippen molar-refractivity contribution in [1.29, 1.82) is 0 Å². The summed E-state index contributed by atoms with van der Waals surface area (Å²) in [4.78, 5) is 15.5. The summed E-state index contributed by atoms with van der Waals surface area (Å²) in [5, 5.41) is 1.34. The molecule has 0 saturated heterocycles. The lowest BCUT2D eigenvalue weighted by Crippen LogP contribution is -2.25. The van der Waals surface area contributed by atoms with Crippen LogP contribution >= 0.6 is 0 Å². The van der Waals surface area contributed by atoms with Crippen molar-refractivity contribution in [1.82, 2.24) is 9.55 Å². The minimum atomic E-state index is -4.73. The van der Waals surface area contributed by atoms with Crippen LogP contribution in [0, 0.1) is 0 Å². The van der Waals surface area contributed by atoms with Crippen LogP contribution in [0.4, 0.5) is 32.0 Å². The average molecular weight is 559 g/mol. The molecule has 3 rings (SSSR count). The Morgan fingerprint density at radius 2 is 1.77 bits per heavy atom. The first kappa shape index (κ1) is 29.8. The Bertz CT molecular complexity index is 1230. The molecule has 13 heteroatoms. The van der Waals surface area contributed by atoms with Gasteiger partial charge in [-0.3, -0.25) is 10.1 Å². The molecule has 3 N–H and O–H groups in total. The number of ether oxygens (including phenoxy) is 2. The molecule has 0 saturated carbocycles. The Morgan fingerprint density at radius 1 is 1.08 bits per heavy atom. The number of para-hydroxylation sites is 1. The van der Waals surface area contributed by atoms with E-state index in [1.54, 1.807) is 31.2 Å². The molecule has 0 spiro atoms. The fraction of sp³-hybridized carbons (Fsp3) is 0.385. The molecule has 39 heavy (non-hydrogen) atoms. The molecule has 0 aliphatic rings. The summed E-state index contributed by atoms with van der Waals surface area (Å²) >= 11 is 0. The van der Waals surface area contributed by atoms with E-state index in [4.69, 9.17) is 15.2 Å². The number of esters is 1. The van der Waals surface area contributed by atoms with Gasteiger partial charge in [-0.25, -0.2) is 4.98 Å². The maximum Gasteiger partial charge on any atom is 0.482 e. The predicted molar refractivity (Wildman–Crippen MR) is 132 cm³/mol. The van der Waals surface area contributed by atoms with E-state index in [1.165, 1.54) is 17.4 Å². The summed E-state index contributed by atoms with van der Waals surface area (Å²) < 4.78 is 90.9. The van der Waals surface area contributed by atoms with Crippen LogP contribution < -0.4 is 15.8 Å². The maximum atomic E-state index is 13.8. The highest BCUT2D eigenvalue weighted by Gasteiger charge is 2.36. The van der Waals surface area contributed by atoms with Gasteiger partial charge in [0.15, 0.2) is 0 Å². The Kier molecular flexibility index (Phi) is 9.84. The first-order valence-electron chi connectivity index (χ1n) is 12.1. The number of imidazole rings is 1. The third-order valence-electron chi connectivity index (χ3n) is 5.59. The van der Waals surface area contributed by atoms with Crippen LogP contribution in [0.25, 0.3) is 11.4 Å². The van der Waals surface area contributed by atoms with Crippen LogP contribution in [-0.4, -0.2) is 41.1 Å². The van der Waals surface area contributed by atoms with Crippen LogP contribution in [0.15, 0.2) is 54.7 Å². The molecular formula is C26H28F6N4O3. The van der Waals surface area contributed by atoms with Gasteiger partial charge in [-0.1, -0.05) is 18.2 Å². The minimum absolute atomic E-state index is 0.0689. The van der Waals surface area contributed by atoms with Crippen LogP contribution in [0.2, 0.25) is 0 Å². The molecule has 0 bridgehead atoms. The molecule has 2 aromatic carbocycles. The number of alkyl halides is 6. The van der Waals surface area contributed by atoms with E-state index in [0.29, 0.717) is 30.4 Å². The molecular weight excluding hydrogens is 530 g/mol. The molecule has 3 aromatic rings. The maximum absolute atomic E-state index is 13.8. The second-order valence-electron chi connectivity index (χ2n) is 8.62. The number of nitrogens with two attached hydrogens (primary N) is 1. The molecule has 1 heterocycles. The SMILES string of the molecule is CCOC(=O)C[C@H](N)CCCOc1ccccc1Cn1c(C(F)(F)F)cnc1-c1ccc(NC(F)(F)F)cc1. The van der Waals surface area contributed by atoms with Gasteiger partial charge in [0.25, 0.3) is 0 Å². The van der Waals surface area contributed by atoms with Gasteiger partial charge in [-0.15, -0.1) is 0 Å². The van der Waals surface area contributed by atoms with E-state index < -0.39 is 24.2 Å². The number of aromatic nitrogens is 2. The standard InChI is InChI=1S/C26H28F6N4O3/c1-2-38-23(37)14-19(33)7-5-13-39-21-8-4-3-6-18(21)16-36-22(25(27,28)29)15-34-24(36)17-9-11-20(12-10-17)35-26(30,31)32/h3-4,6,8-12,15,19,35H,2,5,7,13-14,16,33H2,1H3/t19-/m1/s1. The zero-order chi connectivity index (χ0) is 28.6. The minimum Gasteiger partial charge on any atom is -0.493 e. The van der Waals surface area contributed by atoms with Crippen molar-refractivity contribution in [3.05, 3.63) is 66.0 Å². The van der Waals surface area contributed by atoms with Crippen LogP contribution in [0.1, 0.15) is 37.4 Å². The van der Waals surface area contributed by atoms with Crippen molar-refractivity contribution in [2.24, 2.45) is 5.73 Å². The second-order valence-corrected chi connectivity index (χ2v) is 8.62. The molecule has 7 nitrogen and oxygen atoms in total. The van der Waals surface area contributed by atoms with Crippen LogP contribution in [0.3, 0.4) is 0 Å². The van der Waals surface area contributed by atoms with Crippen molar-refractivity contribution in [3.8, 4) is 17.1 Å². The number of halogens is 6. The van der Waals surface area contributed by atoms with Gasteiger partial charge < -0.3 is 19.8 Å². The number of benzene rings is 2. The number of anilines is 1. The van der Waals surface area contributed by atoms with Gasteiger partial charge in [0.2, 0.25) is 0 Å². The summed E-state index contributed by atoms with van der Waals surface area (Å²) in [7, 11) is 0. The average Bonchev–Trinajstić information content (AvgIpc) is 3.26. The lowest BCUT2D eigenvalue weighted by molar-refractivity contribution is -0.144. The predicted octanol–water partition coefficient (Wildman–Crippen LogP) is 5.99. The number of nitrogens with zero attached hydrogens (tertiary/aromatic N) is 2. The first-order valence-corrected chi connectivity index (χ1v) is 12.1. The van der Waals surface area contributed by atoms with Gasteiger partial charge in [0, 0.05) is 22.9 Å². The number of rotatable bonds is 12. The molecule has 0 aliphatic carbocycles. The van der Waals surface area contributed by atoms with E-state index in [1.807, 2.05) is 0 Å². The molecule has 0 aliphatic heterocycles. The molecule has 1 atom stereocenters. The number of hydrogen-bond acceptors (Lipinski definition) is 6. The summed E-state index contributed by atoms with van der Waals surface area (Å²) in [6, 6.07) is 10.9. The van der Waals surface area contributed by atoms with Crippen molar-refractivity contribution >= 4 is 11.7 Å². The smallest absolute Gasteiger partial charge is 0.482 e. The summed E-state index contributed by atoms with van der Waals surface area (Å²) in [5.41, 5.74) is 5.30. The molecule has 0 fully saturated rings. The number of carbonyl (C=O) groups excluding carboxylic acids is 1. The number of nitrogens with one attached hydrogen (secondary N) is 1. The highest BCUT2D eigenvalue weighted by Crippen LogP contribution is 2.34. The Balaban J connectivity index is 1.77. The third kappa shape index (κ3) is 8.91. The highest BCUT2D eigenvalue weighted by atomic mass is 19.4. The van der Waals surface area contributed by atoms with Gasteiger partial charge in [0.05, 0.1) is 32.4 Å². The Morgan fingerprint density at radius 3 is 2.41 bits per heavy atom. The quantitative estimate of drug-likeness (QED) is 0.123. The van der Waals surface area contributed by atoms with E-state index in [0.717, 1.165) is 16.7 Å². The topological polar surface area (TPSA) is 91.4 Å². The number of carbonyl (C=O) groups is 1. The fourth-order valence-corrected chi connectivity index (χ4v) is 3.87. The number of hydrogen-bond donors (Lipinski definition) is 2. The van der Waals surface area contributed by atoms with Crippen molar-refractivity contribution in [2.45, 2.75) is 51.2 Å².